The van der Waals surface area contributed by atoms with Crippen molar-refractivity contribution in [2.24, 2.45) is 0 Å². The van der Waals surface area contributed by atoms with Gasteiger partial charge in [0.15, 0.2) is 18.1 Å². The van der Waals surface area contributed by atoms with E-state index in [4.69, 9.17) is 14.2 Å². The average Bonchev–Trinajstić information content (AvgIpc) is 2.67. The first kappa shape index (κ1) is 17.6. The van der Waals surface area contributed by atoms with Gasteiger partial charge in [0.1, 0.15) is 19.0 Å². The largest absolute Gasteiger partial charge is 0.486 e. The molecule has 26 heavy (non-hydrogen) atoms. The van der Waals surface area contributed by atoms with Crippen LogP contribution in [0.4, 0.5) is 5.69 Å². The normalized spacial score (nSPS) is 12.2. The zero-order chi connectivity index (χ0) is 18.4. The molecule has 7 nitrogen and oxygen atoms in total. The lowest BCUT2D eigenvalue weighted by molar-refractivity contribution is -0.139. The molecule has 0 bridgehead atoms. The van der Waals surface area contributed by atoms with Crippen LogP contribution in [0, 0.1) is 0 Å². The Morgan fingerprint density at radius 2 is 1.77 bits per heavy atom. The van der Waals surface area contributed by atoms with Crippen LogP contribution < -0.4 is 19.5 Å². The van der Waals surface area contributed by atoms with Gasteiger partial charge in [-0.2, -0.15) is 0 Å². The molecular weight excluding hydrogens is 338 g/mol. The van der Waals surface area contributed by atoms with Gasteiger partial charge in [-0.1, -0.05) is 12.1 Å². The fourth-order valence-corrected chi connectivity index (χ4v) is 2.41. The first-order chi connectivity index (χ1) is 12.6. The Labute approximate surface area is 150 Å². The molecule has 0 radical (unpaired) electrons. The Hall–Kier alpha value is -3.22. The first-order valence-electron chi connectivity index (χ1n) is 8.12. The predicted molar refractivity (Wildman–Crippen MR) is 93.7 cm³/mol. The summed E-state index contributed by atoms with van der Waals surface area (Å²) >= 11 is 0. The summed E-state index contributed by atoms with van der Waals surface area (Å²) in [5.74, 6) is 1.21. The molecule has 1 N–H and O–H groups in total. The van der Waals surface area contributed by atoms with Gasteiger partial charge in [-0.15, -0.1) is 0 Å². The van der Waals surface area contributed by atoms with Gasteiger partial charge in [-0.3, -0.25) is 9.59 Å². The number of ether oxygens (including phenoxy) is 4. The van der Waals surface area contributed by atoms with Crippen molar-refractivity contribution in [2.45, 2.75) is 6.42 Å². The fourth-order valence-electron chi connectivity index (χ4n) is 2.41. The SMILES string of the molecule is COC(=O)Cc1ccc(OCC(=O)Nc2ccc3c(c2)OCCO3)cc1. The minimum atomic E-state index is -0.308. The Balaban J connectivity index is 1.50. The molecule has 0 atom stereocenters. The number of methoxy groups -OCH3 is 1. The Bertz CT molecular complexity index is 787. The van der Waals surface area contributed by atoms with Crippen molar-refractivity contribution in [2.75, 3.05) is 32.2 Å². The smallest absolute Gasteiger partial charge is 0.309 e. The summed E-state index contributed by atoms with van der Waals surface area (Å²) < 4.78 is 21.0. The van der Waals surface area contributed by atoms with E-state index in [0.29, 0.717) is 36.1 Å². The molecule has 1 aliphatic rings. The zero-order valence-corrected chi connectivity index (χ0v) is 14.3. The number of fused-ring (bicyclic) bond motifs is 1. The quantitative estimate of drug-likeness (QED) is 0.798. The standard InChI is InChI=1S/C19H19NO6/c1-23-19(22)10-13-2-5-15(6-3-13)26-12-18(21)20-14-4-7-16-17(11-14)25-9-8-24-16/h2-7,11H,8-10,12H2,1H3,(H,20,21). The Morgan fingerprint density at radius 1 is 1.04 bits per heavy atom. The highest BCUT2D eigenvalue weighted by atomic mass is 16.6. The number of benzene rings is 2. The van der Waals surface area contributed by atoms with Crippen LogP contribution in [0.15, 0.2) is 42.5 Å². The van der Waals surface area contributed by atoms with Gasteiger partial charge in [0, 0.05) is 11.8 Å². The van der Waals surface area contributed by atoms with Crippen LogP contribution in [0.3, 0.4) is 0 Å². The van der Waals surface area contributed by atoms with E-state index < -0.39 is 0 Å². The number of carbonyl (C=O) groups excluding carboxylic acids is 2. The van der Waals surface area contributed by atoms with Crippen LogP contribution >= 0.6 is 0 Å². The van der Waals surface area contributed by atoms with E-state index in [1.807, 2.05) is 0 Å². The van der Waals surface area contributed by atoms with Crippen LogP contribution in [0.2, 0.25) is 0 Å². The van der Waals surface area contributed by atoms with Gasteiger partial charge in [0.05, 0.1) is 13.5 Å². The number of hydrogen-bond acceptors (Lipinski definition) is 6. The fraction of sp³-hybridized carbons (Fsp3) is 0.263. The van der Waals surface area contributed by atoms with Crippen molar-refractivity contribution in [3.05, 3.63) is 48.0 Å². The molecule has 0 saturated heterocycles. The highest BCUT2D eigenvalue weighted by Gasteiger charge is 2.13. The van der Waals surface area contributed by atoms with E-state index in [1.54, 1.807) is 42.5 Å². The number of anilines is 1. The molecule has 0 fully saturated rings. The molecular formula is C19H19NO6. The minimum absolute atomic E-state index is 0.134. The second kappa shape index (κ2) is 8.24. The summed E-state index contributed by atoms with van der Waals surface area (Å²) in [6, 6.07) is 12.1. The van der Waals surface area contributed by atoms with Gasteiger partial charge in [-0.05, 0) is 29.8 Å². The summed E-state index contributed by atoms with van der Waals surface area (Å²) in [5.41, 5.74) is 1.42. The van der Waals surface area contributed by atoms with Crippen LogP contribution in [0.25, 0.3) is 0 Å². The summed E-state index contributed by atoms with van der Waals surface area (Å²) in [4.78, 5) is 23.3. The lowest BCUT2D eigenvalue weighted by Gasteiger charge is -2.19. The summed E-state index contributed by atoms with van der Waals surface area (Å²) in [5, 5.41) is 2.75. The predicted octanol–water partition coefficient (Wildman–Crippen LogP) is 2.19. The van der Waals surface area contributed by atoms with Crippen molar-refractivity contribution in [3.8, 4) is 17.2 Å². The first-order valence-corrected chi connectivity index (χ1v) is 8.12. The Morgan fingerprint density at radius 3 is 2.50 bits per heavy atom. The van der Waals surface area contributed by atoms with E-state index in [1.165, 1.54) is 7.11 Å². The van der Waals surface area contributed by atoms with Crippen LogP contribution in [0.1, 0.15) is 5.56 Å². The number of carbonyl (C=O) groups is 2. The van der Waals surface area contributed by atoms with E-state index in [9.17, 15) is 9.59 Å². The molecule has 1 amide bonds. The van der Waals surface area contributed by atoms with E-state index in [-0.39, 0.29) is 24.9 Å². The number of amides is 1. The molecule has 0 spiro atoms. The third-order valence-corrected chi connectivity index (χ3v) is 3.70. The lowest BCUT2D eigenvalue weighted by atomic mass is 10.1. The van der Waals surface area contributed by atoms with Gasteiger partial charge >= 0.3 is 5.97 Å². The lowest BCUT2D eigenvalue weighted by Crippen LogP contribution is -2.20. The highest BCUT2D eigenvalue weighted by Crippen LogP contribution is 2.32. The number of hydrogen-bond donors (Lipinski definition) is 1. The summed E-state index contributed by atoms with van der Waals surface area (Å²) in [6.45, 7) is 0.870. The minimum Gasteiger partial charge on any atom is -0.486 e. The highest BCUT2D eigenvalue weighted by molar-refractivity contribution is 5.92. The van der Waals surface area contributed by atoms with Crippen molar-refractivity contribution in [1.82, 2.24) is 0 Å². The van der Waals surface area contributed by atoms with Gasteiger partial charge < -0.3 is 24.3 Å². The number of nitrogens with one attached hydrogen (secondary N) is 1. The molecule has 7 heteroatoms. The molecule has 0 saturated carbocycles. The van der Waals surface area contributed by atoms with E-state index >= 15 is 0 Å². The van der Waals surface area contributed by atoms with Crippen molar-refractivity contribution in [3.63, 3.8) is 0 Å². The van der Waals surface area contributed by atoms with Gasteiger partial charge in [0.25, 0.3) is 5.91 Å². The topological polar surface area (TPSA) is 83.1 Å². The monoisotopic (exact) mass is 357 g/mol. The van der Waals surface area contributed by atoms with Crippen molar-refractivity contribution < 1.29 is 28.5 Å². The van der Waals surface area contributed by atoms with Crippen LogP contribution in [-0.2, 0) is 20.7 Å². The van der Waals surface area contributed by atoms with Gasteiger partial charge in [0.2, 0.25) is 0 Å². The molecule has 0 unspecified atom stereocenters. The molecule has 0 aromatic heterocycles. The maximum atomic E-state index is 12.0. The number of rotatable bonds is 6. The van der Waals surface area contributed by atoms with Gasteiger partial charge in [-0.25, -0.2) is 0 Å². The molecule has 1 aliphatic heterocycles. The number of esters is 1. The van der Waals surface area contributed by atoms with Crippen LogP contribution in [-0.4, -0.2) is 38.8 Å². The average molecular weight is 357 g/mol. The maximum Gasteiger partial charge on any atom is 0.309 e. The zero-order valence-electron chi connectivity index (χ0n) is 14.3. The molecule has 2 aromatic carbocycles. The van der Waals surface area contributed by atoms with Crippen molar-refractivity contribution in [1.29, 1.82) is 0 Å². The molecule has 3 rings (SSSR count). The summed E-state index contributed by atoms with van der Waals surface area (Å²) in [7, 11) is 1.35. The Kier molecular flexibility index (Phi) is 5.58. The van der Waals surface area contributed by atoms with Crippen molar-refractivity contribution >= 4 is 17.6 Å². The molecule has 2 aromatic rings. The third kappa shape index (κ3) is 4.66. The second-order valence-corrected chi connectivity index (χ2v) is 5.59. The molecule has 1 heterocycles. The maximum absolute atomic E-state index is 12.0. The molecule has 136 valence electrons. The van der Waals surface area contributed by atoms with E-state index in [2.05, 4.69) is 10.1 Å². The van der Waals surface area contributed by atoms with E-state index in [0.717, 1.165) is 5.56 Å². The molecule has 0 aliphatic carbocycles. The summed E-state index contributed by atoms with van der Waals surface area (Å²) in [6.07, 6.45) is 0.196. The second-order valence-electron chi connectivity index (χ2n) is 5.59. The van der Waals surface area contributed by atoms with Crippen LogP contribution in [0.5, 0.6) is 17.2 Å². The third-order valence-electron chi connectivity index (χ3n) is 3.70.